The summed E-state index contributed by atoms with van der Waals surface area (Å²) in [5.74, 6) is 0.200. The molecule has 0 saturated heterocycles. The van der Waals surface area contributed by atoms with Crippen LogP contribution >= 0.6 is 11.8 Å². The van der Waals surface area contributed by atoms with E-state index in [4.69, 9.17) is 0 Å². The Balaban J connectivity index is 1.41. The summed E-state index contributed by atoms with van der Waals surface area (Å²) in [7, 11) is 0. The van der Waals surface area contributed by atoms with Crippen LogP contribution in [0.3, 0.4) is 0 Å². The first-order chi connectivity index (χ1) is 13.7. The first-order valence-corrected chi connectivity index (χ1v) is 9.90. The molecular weight excluding hydrogens is 370 g/mol. The largest absolute Gasteiger partial charge is 0.351 e. The lowest BCUT2D eigenvalue weighted by Crippen LogP contribution is -2.24. The maximum Gasteiger partial charge on any atom is 0.230 e. The van der Waals surface area contributed by atoms with Crippen molar-refractivity contribution in [1.82, 2.24) is 25.1 Å². The van der Waals surface area contributed by atoms with Crippen LogP contribution in [0.1, 0.15) is 11.1 Å². The molecule has 0 spiro atoms. The number of nitrogens with zero attached hydrogens (tertiary/aromatic N) is 4. The van der Waals surface area contributed by atoms with Crippen molar-refractivity contribution in [3.8, 4) is 11.3 Å². The van der Waals surface area contributed by atoms with Crippen LogP contribution in [-0.4, -0.2) is 31.5 Å². The monoisotopic (exact) mass is 389 g/mol. The van der Waals surface area contributed by atoms with Crippen molar-refractivity contribution >= 4 is 23.3 Å². The molecule has 0 unspecified atom stereocenters. The molecule has 2 heterocycles. The van der Waals surface area contributed by atoms with Crippen LogP contribution in [0.25, 0.3) is 16.9 Å². The molecule has 28 heavy (non-hydrogen) atoms. The fraction of sp³-hybridized carbons (Fsp3) is 0.143. The third-order valence-electron chi connectivity index (χ3n) is 4.25. The van der Waals surface area contributed by atoms with Gasteiger partial charge in [-0.15, -0.1) is 10.2 Å². The first kappa shape index (κ1) is 18.2. The number of aromatic nitrogens is 4. The fourth-order valence-corrected chi connectivity index (χ4v) is 3.43. The summed E-state index contributed by atoms with van der Waals surface area (Å²) in [5, 5.41) is 16.4. The molecule has 4 rings (SSSR count). The standard InChI is InChI=1S/C21H19N5OS/c1-15-7-9-16(10-8-15)13-22-20(27)14-28-21-24-23-19-12-11-18(25-26(19)21)17-5-3-2-4-6-17/h2-12H,13-14H2,1H3,(H,22,27). The molecular formula is C21H19N5OS. The quantitative estimate of drug-likeness (QED) is 0.511. The molecule has 1 N–H and O–H groups in total. The summed E-state index contributed by atoms with van der Waals surface area (Å²) >= 11 is 1.32. The van der Waals surface area contributed by atoms with Crippen molar-refractivity contribution in [2.75, 3.05) is 5.75 Å². The van der Waals surface area contributed by atoms with Crippen LogP contribution in [0, 0.1) is 6.92 Å². The lowest BCUT2D eigenvalue weighted by atomic mass is 10.1. The highest BCUT2D eigenvalue weighted by Gasteiger charge is 2.11. The second-order valence-electron chi connectivity index (χ2n) is 6.39. The van der Waals surface area contributed by atoms with E-state index < -0.39 is 0 Å². The maximum absolute atomic E-state index is 12.2. The molecule has 6 nitrogen and oxygen atoms in total. The molecule has 2 aromatic heterocycles. The number of amides is 1. The van der Waals surface area contributed by atoms with E-state index in [9.17, 15) is 4.79 Å². The van der Waals surface area contributed by atoms with Crippen molar-refractivity contribution in [1.29, 1.82) is 0 Å². The number of rotatable bonds is 6. The van der Waals surface area contributed by atoms with Crippen LogP contribution in [0.2, 0.25) is 0 Å². The second-order valence-corrected chi connectivity index (χ2v) is 7.33. The van der Waals surface area contributed by atoms with Crippen molar-refractivity contribution in [2.45, 2.75) is 18.6 Å². The average Bonchev–Trinajstić information content (AvgIpc) is 3.15. The number of hydrogen-bond donors (Lipinski definition) is 1. The minimum atomic E-state index is -0.0541. The van der Waals surface area contributed by atoms with Gasteiger partial charge in [0.25, 0.3) is 0 Å². The first-order valence-electron chi connectivity index (χ1n) is 8.92. The van der Waals surface area contributed by atoms with Gasteiger partial charge >= 0.3 is 0 Å². The van der Waals surface area contributed by atoms with Gasteiger partial charge in [-0.3, -0.25) is 4.79 Å². The predicted octanol–water partition coefficient (Wildman–Crippen LogP) is 3.51. The summed E-state index contributed by atoms with van der Waals surface area (Å²) in [6.07, 6.45) is 0. The van der Waals surface area contributed by atoms with Gasteiger partial charge in [0.1, 0.15) is 0 Å². The highest BCUT2D eigenvalue weighted by molar-refractivity contribution is 7.99. The number of nitrogens with one attached hydrogen (secondary N) is 1. The fourth-order valence-electron chi connectivity index (χ4n) is 2.71. The Bertz CT molecular complexity index is 1090. The van der Waals surface area contributed by atoms with Crippen LogP contribution in [0.5, 0.6) is 0 Å². The summed E-state index contributed by atoms with van der Waals surface area (Å²) < 4.78 is 1.68. The number of thioether (sulfide) groups is 1. The van der Waals surface area contributed by atoms with Gasteiger partial charge in [-0.2, -0.15) is 9.61 Å². The van der Waals surface area contributed by atoms with Gasteiger partial charge in [-0.1, -0.05) is 71.9 Å². The molecule has 7 heteroatoms. The zero-order valence-corrected chi connectivity index (χ0v) is 16.2. The number of carbonyl (C=O) groups excluding carboxylic acids is 1. The Hall–Kier alpha value is -3.19. The van der Waals surface area contributed by atoms with Crippen molar-refractivity contribution in [3.63, 3.8) is 0 Å². The topological polar surface area (TPSA) is 72.2 Å². The summed E-state index contributed by atoms with van der Waals surface area (Å²) in [6.45, 7) is 2.55. The van der Waals surface area contributed by atoms with E-state index in [0.29, 0.717) is 17.3 Å². The van der Waals surface area contributed by atoms with E-state index in [0.717, 1.165) is 16.8 Å². The number of benzene rings is 2. The molecule has 0 saturated carbocycles. The number of fused-ring (bicyclic) bond motifs is 1. The predicted molar refractivity (Wildman–Crippen MR) is 110 cm³/mol. The Morgan fingerprint density at radius 2 is 1.79 bits per heavy atom. The molecule has 0 bridgehead atoms. The van der Waals surface area contributed by atoms with Crippen molar-refractivity contribution in [2.24, 2.45) is 0 Å². The number of aryl methyl sites for hydroxylation is 1. The van der Waals surface area contributed by atoms with E-state index >= 15 is 0 Å². The van der Waals surface area contributed by atoms with Crippen LogP contribution in [-0.2, 0) is 11.3 Å². The maximum atomic E-state index is 12.2. The van der Waals surface area contributed by atoms with Gasteiger partial charge in [0.2, 0.25) is 11.1 Å². The molecule has 4 aromatic rings. The van der Waals surface area contributed by atoms with Crippen LogP contribution in [0.15, 0.2) is 71.9 Å². The zero-order valence-electron chi connectivity index (χ0n) is 15.4. The van der Waals surface area contributed by atoms with Gasteiger partial charge in [0.05, 0.1) is 11.4 Å². The average molecular weight is 389 g/mol. The number of hydrogen-bond acceptors (Lipinski definition) is 5. The Labute approximate surface area is 167 Å². The third kappa shape index (κ3) is 4.20. The van der Waals surface area contributed by atoms with Crippen molar-refractivity contribution < 1.29 is 4.79 Å². The summed E-state index contributed by atoms with van der Waals surface area (Å²) in [5.41, 5.74) is 4.78. The summed E-state index contributed by atoms with van der Waals surface area (Å²) in [4.78, 5) is 12.2. The van der Waals surface area contributed by atoms with E-state index in [2.05, 4.69) is 20.6 Å². The molecule has 1 amide bonds. The molecule has 0 aliphatic carbocycles. The normalized spacial score (nSPS) is 10.9. The molecule has 0 atom stereocenters. The molecule has 0 aliphatic heterocycles. The van der Waals surface area contributed by atoms with Gasteiger partial charge in [-0.25, -0.2) is 0 Å². The highest BCUT2D eigenvalue weighted by atomic mass is 32.2. The highest BCUT2D eigenvalue weighted by Crippen LogP contribution is 2.20. The Morgan fingerprint density at radius 3 is 2.57 bits per heavy atom. The van der Waals surface area contributed by atoms with Gasteiger partial charge in [0.15, 0.2) is 5.65 Å². The Kier molecular flexibility index (Phi) is 5.34. The molecule has 0 aliphatic rings. The molecule has 0 radical (unpaired) electrons. The molecule has 140 valence electrons. The minimum Gasteiger partial charge on any atom is -0.351 e. The number of carbonyl (C=O) groups is 1. The summed E-state index contributed by atoms with van der Waals surface area (Å²) in [6, 6.07) is 21.8. The minimum absolute atomic E-state index is 0.0541. The van der Waals surface area contributed by atoms with E-state index in [1.165, 1.54) is 17.3 Å². The van der Waals surface area contributed by atoms with Gasteiger partial charge in [-0.05, 0) is 24.6 Å². The molecule has 2 aromatic carbocycles. The van der Waals surface area contributed by atoms with Crippen LogP contribution in [0.4, 0.5) is 0 Å². The third-order valence-corrected chi connectivity index (χ3v) is 5.17. The van der Waals surface area contributed by atoms with Crippen molar-refractivity contribution in [3.05, 3.63) is 77.9 Å². The van der Waals surface area contributed by atoms with E-state index in [1.54, 1.807) is 4.52 Å². The zero-order chi connectivity index (χ0) is 19.3. The molecule has 0 fully saturated rings. The van der Waals surface area contributed by atoms with Gasteiger partial charge in [0, 0.05) is 12.1 Å². The van der Waals surface area contributed by atoms with Crippen LogP contribution < -0.4 is 5.32 Å². The lowest BCUT2D eigenvalue weighted by Gasteiger charge is -2.05. The van der Waals surface area contributed by atoms with Gasteiger partial charge < -0.3 is 5.32 Å². The smallest absolute Gasteiger partial charge is 0.230 e. The van der Waals surface area contributed by atoms with E-state index in [1.807, 2.05) is 73.7 Å². The Morgan fingerprint density at radius 1 is 1.00 bits per heavy atom. The lowest BCUT2D eigenvalue weighted by molar-refractivity contribution is -0.118. The second kappa shape index (κ2) is 8.22. The van der Waals surface area contributed by atoms with E-state index in [-0.39, 0.29) is 11.7 Å². The SMILES string of the molecule is Cc1ccc(CNC(=O)CSc2nnc3ccc(-c4ccccc4)nn23)cc1.